The van der Waals surface area contributed by atoms with E-state index in [2.05, 4.69) is 6.92 Å². The minimum atomic E-state index is -0.485. The van der Waals surface area contributed by atoms with Crippen molar-refractivity contribution in [2.24, 2.45) is 0 Å². The van der Waals surface area contributed by atoms with E-state index in [0.29, 0.717) is 0 Å². The van der Waals surface area contributed by atoms with Crippen molar-refractivity contribution in [1.29, 1.82) is 0 Å². The summed E-state index contributed by atoms with van der Waals surface area (Å²) in [6.07, 6.45) is 6.09. The molecule has 92 valence electrons. The van der Waals surface area contributed by atoms with Gasteiger partial charge in [-0.05, 0) is 6.42 Å². The van der Waals surface area contributed by atoms with Crippen LogP contribution in [0, 0.1) is 0 Å². The van der Waals surface area contributed by atoms with Crippen LogP contribution in [-0.4, -0.2) is 43.1 Å². The van der Waals surface area contributed by atoms with Gasteiger partial charge < -0.3 is 14.2 Å². The molecule has 0 bridgehead atoms. The summed E-state index contributed by atoms with van der Waals surface area (Å²) in [7, 11) is 5.92. The Morgan fingerprint density at radius 1 is 1.07 bits per heavy atom. The average Bonchev–Trinajstić information content (AvgIpc) is 2.28. The second-order valence-electron chi connectivity index (χ2n) is 4.00. The smallest absolute Gasteiger partial charge is 0.165 e. The van der Waals surface area contributed by atoms with Crippen LogP contribution in [0.1, 0.15) is 39.0 Å². The van der Waals surface area contributed by atoms with Crippen LogP contribution >= 0.6 is 0 Å². The molecule has 0 saturated heterocycles. The lowest BCUT2D eigenvalue weighted by atomic mass is 10.1. The summed E-state index contributed by atoms with van der Waals surface area (Å²) >= 11 is 0. The van der Waals surface area contributed by atoms with Crippen molar-refractivity contribution < 1.29 is 14.2 Å². The summed E-state index contributed by atoms with van der Waals surface area (Å²) in [6, 6.07) is 0. The largest absolute Gasteiger partial charge is 0.376 e. The van der Waals surface area contributed by atoms with Crippen molar-refractivity contribution >= 4 is 10.2 Å². The Hall–Kier alpha value is 0.0969. The van der Waals surface area contributed by atoms with E-state index < -0.39 is 5.41 Å². The molecular weight excluding hydrogens is 208 g/mol. The predicted octanol–water partition coefficient (Wildman–Crippen LogP) is 1.28. The lowest BCUT2D eigenvalue weighted by molar-refractivity contribution is -0.209. The summed E-state index contributed by atoms with van der Waals surface area (Å²) < 4.78 is 16.3. The molecule has 0 aromatic carbocycles. The molecule has 3 nitrogen and oxygen atoms in total. The number of hydrogen-bond acceptors (Lipinski definition) is 3. The minimum Gasteiger partial charge on any atom is -0.376 e. The molecule has 0 aromatic rings. The molecule has 0 amide bonds. The van der Waals surface area contributed by atoms with Crippen LogP contribution in [0.15, 0.2) is 0 Å². The van der Waals surface area contributed by atoms with Crippen LogP contribution in [0.2, 0.25) is 0 Å². The number of ether oxygens (including phenoxy) is 3. The van der Waals surface area contributed by atoms with E-state index in [-0.39, 0.29) is 6.10 Å². The van der Waals surface area contributed by atoms with Gasteiger partial charge in [-0.2, -0.15) is 0 Å². The van der Waals surface area contributed by atoms with Crippen LogP contribution in [0.3, 0.4) is 0 Å². The van der Waals surface area contributed by atoms with Gasteiger partial charge in [0.1, 0.15) is 6.10 Å². The highest BCUT2D eigenvalue weighted by molar-refractivity contribution is 6.13. The second-order valence-corrected chi connectivity index (χ2v) is 5.39. The zero-order chi connectivity index (χ0) is 11.7. The molecule has 0 spiro atoms. The van der Waals surface area contributed by atoms with Gasteiger partial charge in [-0.1, -0.05) is 32.6 Å². The molecule has 1 atom stereocenters. The molecule has 0 heterocycles. The van der Waals surface area contributed by atoms with Gasteiger partial charge in [0.15, 0.2) is 5.41 Å². The maximum atomic E-state index is 5.46. The normalized spacial score (nSPS) is 14.4. The molecule has 0 aliphatic heterocycles. The first kappa shape index (κ1) is 15.1. The summed E-state index contributed by atoms with van der Waals surface area (Å²) in [4.78, 5) is 0. The monoisotopic (exact) mass is 234 g/mol. The second kappa shape index (κ2) is 8.27. The fourth-order valence-corrected chi connectivity index (χ4v) is 2.22. The van der Waals surface area contributed by atoms with Gasteiger partial charge in [0, 0.05) is 21.3 Å². The maximum Gasteiger partial charge on any atom is 0.165 e. The lowest BCUT2D eigenvalue weighted by Crippen LogP contribution is -2.47. The molecule has 0 radical (unpaired) electrons. The predicted molar refractivity (Wildman–Crippen MR) is 66.2 cm³/mol. The molecule has 0 aliphatic rings. The Kier molecular flexibility index (Phi) is 8.33. The summed E-state index contributed by atoms with van der Waals surface area (Å²) in [5, 5.41) is 0. The van der Waals surface area contributed by atoms with E-state index in [9.17, 15) is 0 Å². The SMILES string of the molecule is CCCCCCC(OC)C([SiH3])(OC)OC. The first-order valence-electron chi connectivity index (χ1n) is 5.77. The van der Waals surface area contributed by atoms with Gasteiger partial charge in [-0.15, -0.1) is 0 Å². The van der Waals surface area contributed by atoms with Gasteiger partial charge in [-0.3, -0.25) is 0 Å². The first-order chi connectivity index (χ1) is 7.14. The van der Waals surface area contributed by atoms with Gasteiger partial charge in [0.2, 0.25) is 0 Å². The number of hydrogen-bond donors (Lipinski definition) is 0. The molecule has 0 rings (SSSR count). The Morgan fingerprint density at radius 2 is 1.67 bits per heavy atom. The van der Waals surface area contributed by atoms with Gasteiger partial charge in [0.25, 0.3) is 0 Å². The zero-order valence-corrected chi connectivity index (χ0v) is 12.8. The molecule has 0 fully saturated rings. The molecule has 0 aromatic heterocycles. The van der Waals surface area contributed by atoms with Gasteiger partial charge >= 0.3 is 0 Å². The van der Waals surface area contributed by atoms with E-state index in [4.69, 9.17) is 14.2 Å². The third kappa shape index (κ3) is 5.11. The van der Waals surface area contributed by atoms with Crippen molar-refractivity contribution in [2.75, 3.05) is 21.3 Å². The van der Waals surface area contributed by atoms with E-state index in [1.807, 2.05) is 0 Å². The van der Waals surface area contributed by atoms with Crippen LogP contribution in [0.5, 0.6) is 0 Å². The number of unbranched alkanes of at least 4 members (excludes halogenated alkanes) is 3. The molecule has 1 unspecified atom stereocenters. The standard InChI is InChI=1S/C11H26O3Si/c1-5-6-7-8-9-10(12-2)11(15,13-3)14-4/h10H,5-9H2,1-4,15H3. The van der Waals surface area contributed by atoms with Crippen LogP contribution in [-0.2, 0) is 14.2 Å². The number of rotatable bonds is 9. The van der Waals surface area contributed by atoms with Crippen molar-refractivity contribution in [3.8, 4) is 0 Å². The average molecular weight is 234 g/mol. The topological polar surface area (TPSA) is 27.7 Å². The lowest BCUT2D eigenvalue weighted by Gasteiger charge is -2.34. The van der Waals surface area contributed by atoms with E-state index in [0.717, 1.165) is 16.7 Å². The van der Waals surface area contributed by atoms with Gasteiger partial charge in [-0.25, -0.2) is 0 Å². The van der Waals surface area contributed by atoms with E-state index >= 15 is 0 Å². The molecular formula is C11H26O3Si. The third-order valence-electron chi connectivity index (χ3n) is 3.00. The Balaban J connectivity index is 3.99. The Morgan fingerprint density at radius 3 is 2.07 bits per heavy atom. The highest BCUT2D eigenvalue weighted by Crippen LogP contribution is 2.20. The molecule has 0 aliphatic carbocycles. The highest BCUT2D eigenvalue weighted by atomic mass is 28.1. The minimum absolute atomic E-state index is 0.0658. The molecule has 0 N–H and O–H groups in total. The highest BCUT2D eigenvalue weighted by Gasteiger charge is 2.33. The quantitative estimate of drug-likeness (QED) is 0.342. The van der Waals surface area contributed by atoms with Gasteiger partial charge in [0.05, 0.1) is 10.2 Å². The van der Waals surface area contributed by atoms with Crippen LogP contribution < -0.4 is 0 Å². The summed E-state index contributed by atoms with van der Waals surface area (Å²) in [6.45, 7) is 2.22. The third-order valence-corrected chi connectivity index (χ3v) is 4.46. The van der Waals surface area contributed by atoms with Crippen LogP contribution in [0.4, 0.5) is 0 Å². The van der Waals surface area contributed by atoms with E-state index in [1.54, 1.807) is 21.3 Å². The fourth-order valence-electron chi connectivity index (χ4n) is 1.70. The van der Waals surface area contributed by atoms with Crippen LogP contribution in [0.25, 0.3) is 0 Å². The van der Waals surface area contributed by atoms with Crippen molar-refractivity contribution in [1.82, 2.24) is 0 Å². The van der Waals surface area contributed by atoms with Crippen molar-refractivity contribution in [2.45, 2.75) is 50.5 Å². The van der Waals surface area contributed by atoms with Crippen molar-refractivity contribution in [3.63, 3.8) is 0 Å². The first-order valence-corrected chi connectivity index (χ1v) is 6.77. The summed E-state index contributed by atoms with van der Waals surface area (Å²) in [5.74, 6) is 0. The maximum absolute atomic E-state index is 5.46. The Labute approximate surface area is 96.9 Å². The van der Waals surface area contributed by atoms with E-state index in [1.165, 1.54) is 25.7 Å². The molecule has 4 heteroatoms. The Bertz CT molecular complexity index is 149. The fraction of sp³-hybridized carbons (Fsp3) is 1.00. The van der Waals surface area contributed by atoms with Crippen molar-refractivity contribution in [3.05, 3.63) is 0 Å². The summed E-state index contributed by atoms with van der Waals surface area (Å²) in [5.41, 5.74) is -0.485. The zero-order valence-electron chi connectivity index (χ0n) is 10.8. The number of methoxy groups -OCH3 is 3. The molecule has 0 saturated carbocycles. The molecule has 15 heavy (non-hydrogen) atoms.